The normalized spacial score (nSPS) is 12.2. The Balaban J connectivity index is 1.71. The molecule has 12 heteroatoms. The number of aromatic nitrogens is 8. The molecule has 0 aliphatic rings. The summed E-state index contributed by atoms with van der Waals surface area (Å²) in [6.45, 7) is 4.72. The van der Waals surface area contributed by atoms with Gasteiger partial charge in [0.15, 0.2) is 5.82 Å². The van der Waals surface area contributed by atoms with Crippen LogP contribution < -0.4 is 10.5 Å². The first-order valence-electron chi connectivity index (χ1n) is 11.1. The summed E-state index contributed by atoms with van der Waals surface area (Å²) >= 11 is 6.31. The lowest BCUT2D eigenvalue weighted by Gasteiger charge is -2.31. The Morgan fingerprint density at radius 2 is 2.06 bits per heavy atom. The molecule has 0 radical (unpaired) electrons. The van der Waals surface area contributed by atoms with Gasteiger partial charge in [0, 0.05) is 31.3 Å². The molecular weight excluding hydrogens is 468 g/mol. The number of rotatable bonds is 7. The minimum atomic E-state index is -0.406. The summed E-state index contributed by atoms with van der Waals surface area (Å²) in [5.41, 5.74) is 0.991. The summed E-state index contributed by atoms with van der Waals surface area (Å²) in [4.78, 5) is 36.0. The monoisotopic (exact) mass is 488 g/mol. The Morgan fingerprint density at radius 1 is 1.26 bits per heavy atom. The van der Waals surface area contributed by atoms with Crippen LogP contribution in [0.4, 0.5) is 5.82 Å². The van der Waals surface area contributed by atoms with E-state index in [1.807, 2.05) is 18.7 Å². The number of nitriles is 1. The lowest BCUT2D eigenvalue weighted by atomic mass is 10.2. The molecule has 5 heterocycles. The number of H-pyrrole nitrogens is 1. The van der Waals surface area contributed by atoms with Crippen molar-refractivity contribution in [1.29, 1.82) is 5.26 Å². The zero-order valence-electron chi connectivity index (χ0n) is 19.1. The van der Waals surface area contributed by atoms with E-state index in [0.29, 0.717) is 45.6 Å². The standard InChI is InChI=1S/C23H21ClN10O/c1-3-8-32(22-18-15(10-25)11-28-20(18)29-13-30-22)14(2)21-31-34-9-5-16(24)19(34)23(35)33(21)12-17-26-6-4-7-27-17/h4-7,9,11,13-14H,3,8,12H2,1-2H3,(H,28,29,30)/t14-/m0/s1. The summed E-state index contributed by atoms with van der Waals surface area (Å²) in [5.74, 6) is 1.54. The number of hydrogen-bond acceptors (Lipinski definition) is 8. The van der Waals surface area contributed by atoms with Gasteiger partial charge in [-0.25, -0.2) is 24.5 Å². The van der Waals surface area contributed by atoms with Crippen molar-refractivity contribution in [3.8, 4) is 6.07 Å². The molecule has 0 saturated carbocycles. The van der Waals surface area contributed by atoms with Crippen molar-refractivity contribution in [1.82, 2.24) is 39.1 Å². The Kier molecular flexibility index (Phi) is 5.88. The van der Waals surface area contributed by atoms with Crippen LogP contribution in [0.5, 0.6) is 0 Å². The largest absolute Gasteiger partial charge is 0.346 e. The highest BCUT2D eigenvalue weighted by Crippen LogP contribution is 2.32. The van der Waals surface area contributed by atoms with Gasteiger partial charge in [-0.05, 0) is 25.5 Å². The van der Waals surface area contributed by atoms with Crippen LogP contribution in [-0.2, 0) is 6.54 Å². The molecule has 0 amide bonds. The van der Waals surface area contributed by atoms with E-state index in [2.05, 4.69) is 31.0 Å². The second-order valence-electron chi connectivity index (χ2n) is 7.98. The minimum absolute atomic E-state index is 0.122. The minimum Gasteiger partial charge on any atom is -0.346 e. The number of fused-ring (bicyclic) bond motifs is 2. The van der Waals surface area contributed by atoms with Crippen LogP contribution >= 0.6 is 11.6 Å². The lowest BCUT2D eigenvalue weighted by Crippen LogP contribution is -2.36. The predicted molar refractivity (Wildman–Crippen MR) is 130 cm³/mol. The SMILES string of the molecule is CCCN(c1ncnc2[nH]cc(C#N)c12)[C@@H](C)c1nn2ccc(Cl)c2c(=O)n1Cc1ncccn1. The zero-order valence-corrected chi connectivity index (χ0v) is 19.8. The number of anilines is 1. The Labute approximate surface area is 204 Å². The predicted octanol–water partition coefficient (Wildman–Crippen LogP) is 3.11. The van der Waals surface area contributed by atoms with Crippen molar-refractivity contribution in [3.63, 3.8) is 0 Å². The number of halogens is 1. The van der Waals surface area contributed by atoms with Gasteiger partial charge in [-0.3, -0.25) is 9.36 Å². The van der Waals surface area contributed by atoms with Gasteiger partial charge in [0.05, 0.1) is 28.6 Å². The summed E-state index contributed by atoms with van der Waals surface area (Å²) in [7, 11) is 0. The van der Waals surface area contributed by atoms with E-state index < -0.39 is 6.04 Å². The topological polar surface area (TPSA) is 134 Å². The molecular formula is C23H21ClN10O. The highest BCUT2D eigenvalue weighted by atomic mass is 35.5. The van der Waals surface area contributed by atoms with Gasteiger partial charge < -0.3 is 9.88 Å². The van der Waals surface area contributed by atoms with Crippen LogP contribution in [0.3, 0.4) is 0 Å². The first-order chi connectivity index (χ1) is 17.0. The van der Waals surface area contributed by atoms with Gasteiger partial charge >= 0.3 is 0 Å². The van der Waals surface area contributed by atoms with Crippen LogP contribution in [0.15, 0.2) is 48.0 Å². The van der Waals surface area contributed by atoms with Gasteiger partial charge in [0.1, 0.15) is 35.2 Å². The Bertz CT molecular complexity index is 1610. The average molecular weight is 489 g/mol. The van der Waals surface area contributed by atoms with Crippen LogP contribution in [0.2, 0.25) is 5.02 Å². The van der Waals surface area contributed by atoms with Gasteiger partial charge in [0.2, 0.25) is 0 Å². The first-order valence-corrected chi connectivity index (χ1v) is 11.4. The quantitative estimate of drug-likeness (QED) is 0.369. The molecule has 0 fully saturated rings. The first kappa shape index (κ1) is 22.5. The van der Waals surface area contributed by atoms with Crippen molar-refractivity contribution < 1.29 is 0 Å². The van der Waals surface area contributed by atoms with Gasteiger partial charge in [-0.2, -0.15) is 10.4 Å². The van der Waals surface area contributed by atoms with E-state index in [1.54, 1.807) is 41.5 Å². The van der Waals surface area contributed by atoms with Gasteiger partial charge in [-0.1, -0.05) is 18.5 Å². The molecule has 0 unspecified atom stereocenters. The molecule has 11 nitrogen and oxygen atoms in total. The molecule has 1 atom stereocenters. The molecule has 176 valence electrons. The molecule has 35 heavy (non-hydrogen) atoms. The number of hydrogen-bond donors (Lipinski definition) is 1. The number of nitrogens with one attached hydrogen (secondary N) is 1. The number of aromatic amines is 1. The molecule has 5 rings (SSSR count). The molecule has 0 aromatic carbocycles. The third-order valence-electron chi connectivity index (χ3n) is 5.82. The maximum atomic E-state index is 13.6. The third-order valence-corrected chi connectivity index (χ3v) is 6.12. The molecule has 0 aliphatic carbocycles. The van der Waals surface area contributed by atoms with E-state index in [9.17, 15) is 10.1 Å². The molecule has 0 spiro atoms. The van der Waals surface area contributed by atoms with Crippen molar-refractivity contribution in [2.24, 2.45) is 0 Å². The molecule has 0 bridgehead atoms. The Morgan fingerprint density at radius 3 is 2.80 bits per heavy atom. The molecule has 0 saturated heterocycles. The molecule has 5 aromatic heterocycles. The summed E-state index contributed by atoms with van der Waals surface area (Å²) in [5, 5.41) is 15.4. The maximum Gasteiger partial charge on any atom is 0.279 e. The second kappa shape index (κ2) is 9.15. The fourth-order valence-corrected chi connectivity index (χ4v) is 4.43. The second-order valence-corrected chi connectivity index (χ2v) is 8.38. The van der Waals surface area contributed by atoms with Crippen molar-refractivity contribution in [2.75, 3.05) is 11.4 Å². The van der Waals surface area contributed by atoms with Crippen molar-refractivity contribution >= 4 is 34.0 Å². The molecule has 5 aromatic rings. The third kappa shape index (κ3) is 3.87. The van der Waals surface area contributed by atoms with Crippen LogP contribution in [0, 0.1) is 11.3 Å². The smallest absolute Gasteiger partial charge is 0.279 e. The summed E-state index contributed by atoms with van der Waals surface area (Å²) in [6.07, 6.45) is 8.79. The average Bonchev–Trinajstić information content (AvgIpc) is 3.47. The summed E-state index contributed by atoms with van der Waals surface area (Å²) in [6, 6.07) is 5.15. The van der Waals surface area contributed by atoms with Crippen molar-refractivity contribution in [2.45, 2.75) is 32.9 Å². The fourth-order valence-electron chi connectivity index (χ4n) is 4.21. The van der Waals surface area contributed by atoms with E-state index in [1.165, 1.54) is 10.8 Å². The highest BCUT2D eigenvalue weighted by molar-refractivity contribution is 6.33. The molecule has 0 aliphatic heterocycles. The van der Waals surface area contributed by atoms with Crippen molar-refractivity contribution in [3.05, 3.63) is 75.8 Å². The zero-order chi connectivity index (χ0) is 24.5. The highest BCUT2D eigenvalue weighted by Gasteiger charge is 2.27. The number of nitrogens with zero attached hydrogens (tertiary/aromatic N) is 9. The fraction of sp³-hybridized carbons (Fsp3) is 0.261. The van der Waals surface area contributed by atoms with E-state index in [-0.39, 0.29) is 17.6 Å². The van der Waals surface area contributed by atoms with E-state index in [0.717, 1.165) is 6.42 Å². The Hall–Kier alpha value is -4.30. The summed E-state index contributed by atoms with van der Waals surface area (Å²) < 4.78 is 3.04. The van der Waals surface area contributed by atoms with Gasteiger partial charge in [0.25, 0.3) is 5.56 Å². The van der Waals surface area contributed by atoms with Gasteiger partial charge in [-0.15, -0.1) is 0 Å². The van der Waals surface area contributed by atoms with E-state index in [4.69, 9.17) is 16.7 Å². The van der Waals surface area contributed by atoms with E-state index >= 15 is 0 Å². The van der Waals surface area contributed by atoms with Crippen LogP contribution in [-0.4, -0.2) is 45.6 Å². The van der Waals surface area contributed by atoms with Crippen LogP contribution in [0.1, 0.15) is 43.5 Å². The molecule has 1 N–H and O–H groups in total. The maximum absolute atomic E-state index is 13.6. The lowest BCUT2D eigenvalue weighted by molar-refractivity contribution is 0.535. The van der Waals surface area contributed by atoms with Crippen LogP contribution in [0.25, 0.3) is 16.6 Å².